The van der Waals surface area contributed by atoms with Gasteiger partial charge in [-0.2, -0.15) is 0 Å². The maximum atomic E-state index is 12.2. The van der Waals surface area contributed by atoms with Crippen LogP contribution < -0.4 is 0 Å². The molecule has 1 atom stereocenters. The van der Waals surface area contributed by atoms with Crippen LogP contribution in [0.2, 0.25) is 0 Å². The van der Waals surface area contributed by atoms with Crippen LogP contribution in [-0.2, 0) is 9.53 Å². The van der Waals surface area contributed by atoms with E-state index in [1.54, 1.807) is 55.5 Å². The highest BCUT2D eigenvalue weighted by Gasteiger charge is 2.39. The molecule has 0 radical (unpaired) electrons. The van der Waals surface area contributed by atoms with E-state index in [1.165, 1.54) is 23.3 Å². The Balaban J connectivity index is 0.000000122. The zero-order valence-corrected chi connectivity index (χ0v) is 28.0. The minimum Gasteiger partial charge on any atom is -0.449 e. The molecule has 52 heavy (non-hydrogen) atoms. The predicted octanol–water partition coefficient (Wildman–Crippen LogP) is 9.09. The molecule has 0 amide bonds. The number of carbonyl (C=O) groups is 4. The third kappa shape index (κ3) is 6.22. The van der Waals surface area contributed by atoms with Crippen LogP contribution in [-0.4, -0.2) is 28.2 Å². The highest BCUT2D eigenvalue weighted by molar-refractivity contribution is 6.29. The van der Waals surface area contributed by atoms with Gasteiger partial charge in [0, 0.05) is 28.8 Å². The highest BCUT2D eigenvalue weighted by Crippen LogP contribution is 2.44. The number of hydrogen-bond donors (Lipinski definition) is 0. The number of cyclic esters (lactones) is 1. The molecule has 1 unspecified atom stereocenters. The van der Waals surface area contributed by atoms with Gasteiger partial charge >= 0.3 is 5.97 Å². The van der Waals surface area contributed by atoms with Gasteiger partial charge in [-0.1, -0.05) is 121 Å². The summed E-state index contributed by atoms with van der Waals surface area (Å²) in [5.74, 6) is -1.02. The molecule has 9 rings (SSSR count). The van der Waals surface area contributed by atoms with Crippen LogP contribution in [0, 0.1) is 10.1 Å². The average molecular weight is 686 g/mol. The quantitative estimate of drug-likeness (QED) is 0.0786. The molecular formula is C44H31NO7. The summed E-state index contributed by atoms with van der Waals surface area (Å²) in [7, 11) is 0. The third-order valence-electron chi connectivity index (χ3n) is 9.45. The molecule has 1 aliphatic heterocycles. The van der Waals surface area contributed by atoms with Crippen molar-refractivity contribution in [1.29, 1.82) is 0 Å². The van der Waals surface area contributed by atoms with E-state index in [0.29, 0.717) is 16.7 Å². The van der Waals surface area contributed by atoms with E-state index in [-0.39, 0.29) is 34.9 Å². The lowest BCUT2D eigenvalue weighted by Gasteiger charge is -2.10. The Morgan fingerprint density at radius 3 is 1.48 bits per heavy atom. The Morgan fingerprint density at radius 1 is 0.538 bits per heavy atom. The summed E-state index contributed by atoms with van der Waals surface area (Å²) < 4.78 is 5.31. The van der Waals surface area contributed by atoms with Crippen molar-refractivity contribution in [2.75, 3.05) is 0 Å². The standard InChI is InChI=1S/C15H10O2.C15H12O.C14H9NO4/c16-14-11-8-4-5-9-12(11)15(17)13(14)10-6-2-1-3-7-10;1-10(16)15-13-8-4-2-6-11(13)12-7-3-5-9-14(12)15;16-14-12-4-2-1-3-11(12)13(19-14)9-5-7-10(8-6-9)15(17)18/h1-9,13H;2-9,15H,1H3;1-8,13H. The van der Waals surface area contributed by atoms with Crippen LogP contribution in [0.15, 0.2) is 152 Å². The van der Waals surface area contributed by atoms with E-state index < -0.39 is 16.9 Å². The van der Waals surface area contributed by atoms with E-state index in [2.05, 4.69) is 24.3 Å². The van der Waals surface area contributed by atoms with Crippen molar-refractivity contribution in [2.45, 2.75) is 24.9 Å². The molecule has 0 saturated carbocycles. The number of fused-ring (bicyclic) bond motifs is 5. The number of hydrogen-bond acceptors (Lipinski definition) is 7. The largest absolute Gasteiger partial charge is 0.449 e. The number of benzene rings is 6. The molecular weight excluding hydrogens is 654 g/mol. The average Bonchev–Trinajstić information content (AvgIpc) is 3.79. The van der Waals surface area contributed by atoms with E-state index in [9.17, 15) is 29.3 Å². The third-order valence-corrected chi connectivity index (χ3v) is 9.45. The molecule has 0 saturated heterocycles. The van der Waals surface area contributed by atoms with Gasteiger partial charge in [0.25, 0.3) is 5.69 Å². The SMILES string of the molecule is CC(=O)C1c2ccccc2-c2ccccc21.O=C1OC(c2ccc([N+](=O)[O-])cc2)c2ccccc21.O=C1c2ccccc2C(=O)C1c1ccccc1. The summed E-state index contributed by atoms with van der Waals surface area (Å²) in [5.41, 5.74) is 8.66. The summed E-state index contributed by atoms with van der Waals surface area (Å²) in [4.78, 5) is 58.0. The Kier molecular flexibility index (Phi) is 9.20. The van der Waals surface area contributed by atoms with Crippen molar-refractivity contribution in [1.82, 2.24) is 0 Å². The topological polar surface area (TPSA) is 121 Å². The van der Waals surface area contributed by atoms with Crippen LogP contribution in [0.4, 0.5) is 5.69 Å². The second kappa shape index (κ2) is 14.2. The van der Waals surface area contributed by atoms with Crippen molar-refractivity contribution in [3.05, 3.63) is 206 Å². The van der Waals surface area contributed by atoms with Crippen molar-refractivity contribution >= 4 is 29.0 Å². The predicted molar refractivity (Wildman–Crippen MR) is 195 cm³/mol. The first kappa shape index (κ1) is 33.7. The first-order chi connectivity index (χ1) is 25.2. The first-order valence-electron chi connectivity index (χ1n) is 16.7. The molecule has 2 aliphatic carbocycles. The molecule has 0 spiro atoms. The number of ketones is 3. The molecule has 6 aromatic carbocycles. The number of esters is 1. The van der Waals surface area contributed by atoms with E-state index >= 15 is 0 Å². The van der Waals surface area contributed by atoms with E-state index in [0.717, 1.165) is 27.8 Å². The number of Topliss-reactive ketones (excluding diaryl/α,β-unsaturated/α-hetero) is 3. The molecule has 1 heterocycles. The van der Waals surface area contributed by atoms with Gasteiger partial charge in [-0.15, -0.1) is 0 Å². The fourth-order valence-corrected chi connectivity index (χ4v) is 7.05. The van der Waals surface area contributed by atoms with Crippen LogP contribution in [0.3, 0.4) is 0 Å². The van der Waals surface area contributed by atoms with Crippen molar-refractivity contribution in [3.63, 3.8) is 0 Å². The van der Waals surface area contributed by atoms with Gasteiger partial charge in [0.05, 0.1) is 16.4 Å². The van der Waals surface area contributed by atoms with Crippen LogP contribution in [0.25, 0.3) is 11.1 Å². The molecule has 8 heteroatoms. The number of carbonyl (C=O) groups excluding carboxylic acids is 4. The Bertz CT molecular complexity index is 2280. The van der Waals surface area contributed by atoms with Crippen LogP contribution >= 0.6 is 0 Å². The van der Waals surface area contributed by atoms with Crippen molar-refractivity contribution in [3.8, 4) is 11.1 Å². The number of nitro groups is 1. The van der Waals surface area contributed by atoms with Crippen LogP contribution in [0.5, 0.6) is 0 Å². The van der Waals surface area contributed by atoms with Gasteiger partial charge < -0.3 is 4.74 Å². The molecule has 6 aromatic rings. The van der Waals surface area contributed by atoms with Gasteiger partial charge in [-0.05, 0) is 58.5 Å². The molecule has 0 fully saturated rings. The normalized spacial score (nSPS) is 15.2. The van der Waals surface area contributed by atoms with Crippen molar-refractivity contribution in [2.24, 2.45) is 0 Å². The molecule has 0 bridgehead atoms. The Hall–Kier alpha value is -6.80. The van der Waals surface area contributed by atoms with Gasteiger partial charge in [0.2, 0.25) is 0 Å². The van der Waals surface area contributed by atoms with E-state index in [1.807, 2.05) is 66.7 Å². The summed E-state index contributed by atoms with van der Waals surface area (Å²) in [6, 6.07) is 45.8. The lowest BCUT2D eigenvalue weighted by molar-refractivity contribution is -0.384. The minimum absolute atomic E-state index is 0.0151. The van der Waals surface area contributed by atoms with Gasteiger partial charge in [-0.3, -0.25) is 24.5 Å². The van der Waals surface area contributed by atoms with Gasteiger partial charge in [0.15, 0.2) is 17.7 Å². The zero-order chi connectivity index (χ0) is 36.4. The number of non-ortho nitro benzene ring substituents is 1. The second-order valence-electron chi connectivity index (χ2n) is 12.6. The Labute approximate surface area is 299 Å². The highest BCUT2D eigenvalue weighted by atomic mass is 16.6. The number of nitro benzene ring substituents is 1. The lowest BCUT2D eigenvalue weighted by atomic mass is 9.93. The number of rotatable bonds is 4. The fraction of sp³-hybridized carbons (Fsp3) is 0.0909. The molecule has 0 aromatic heterocycles. The van der Waals surface area contributed by atoms with Crippen LogP contribution in [0.1, 0.15) is 83.8 Å². The van der Waals surface area contributed by atoms with Crippen molar-refractivity contribution < 1.29 is 28.8 Å². The molecule has 0 N–H and O–H groups in total. The smallest absolute Gasteiger partial charge is 0.339 e. The Morgan fingerprint density at radius 2 is 0.981 bits per heavy atom. The first-order valence-corrected chi connectivity index (χ1v) is 16.7. The molecule has 254 valence electrons. The second-order valence-corrected chi connectivity index (χ2v) is 12.6. The fourth-order valence-electron chi connectivity index (χ4n) is 7.05. The maximum Gasteiger partial charge on any atom is 0.339 e. The number of nitrogens with zero attached hydrogens (tertiary/aromatic N) is 1. The van der Waals surface area contributed by atoms with E-state index in [4.69, 9.17) is 4.74 Å². The summed E-state index contributed by atoms with van der Waals surface area (Å²) in [6.45, 7) is 1.67. The summed E-state index contributed by atoms with van der Waals surface area (Å²) in [6.07, 6.45) is -0.482. The maximum absolute atomic E-state index is 12.2. The molecule has 8 nitrogen and oxygen atoms in total. The zero-order valence-electron chi connectivity index (χ0n) is 28.0. The van der Waals surface area contributed by atoms with Gasteiger partial charge in [0.1, 0.15) is 11.7 Å². The van der Waals surface area contributed by atoms with Gasteiger partial charge in [-0.25, -0.2) is 4.79 Å². The molecule has 3 aliphatic rings. The summed E-state index contributed by atoms with van der Waals surface area (Å²) in [5, 5.41) is 10.6. The number of ether oxygens (including phenoxy) is 1. The monoisotopic (exact) mass is 685 g/mol. The lowest BCUT2D eigenvalue weighted by Crippen LogP contribution is -2.12. The summed E-state index contributed by atoms with van der Waals surface area (Å²) >= 11 is 0. The minimum atomic E-state index is -0.645.